The molecular formula is C22H35N3O. The minimum absolute atomic E-state index is 0.0781. The Morgan fingerprint density at radius 2 is 1.58 bits per heavy atom. The van der Waals surface area contributed by atoms with E-state index in [2.05, 4.69) is 58.9 Å². The summed E-state index contributed by atoms with van der Waals surface area (Å²) >= 11 is 0. The fraction of sp³-hybridized carbons (Fsp3) is 0.682. The van der Waals surface area contributed by atoms with E-state index in [0.717, 1.165) is 77.9 Å². The minimum atomic E-state index is 0.0781. The first-order valence-electron chi connectivity index (χ1n) is 10.5. The summed E-state index contributed by atoms with van der Waals surface area (Å²) in [5, 5.41) is 0. The number of amides is 1. The van der Waals surface area contributed by atoms with Gasteiger partial charge in [0, 0.05) is 57.8 Å². The molecular weight excluding hydrogens is 322 g/mol. The summed E-state index contributed by atoms with van der Waals surface area (Å²) in [6.45, 7) is 12.2. The lowest BCUT2D eigenvalue weighted by Crippen LogP contribution is -2.52. The van der Waals surface area contributed by atoms with Gasteiger partial charge in [-0.2, -0.15) is 0 Å². The van der Waals surface area contributed by atoms with Crippen LogP contribution in [0.15, 0.2) is 30.3 Å². The molecule has 1 amide bonds. The van der Waals surface area contributed by atoms with Crippen molar-refractivity contribution < 1.29 is 4.79 Å². The van der Waals surface area contributed by atoms with E-state index >= 15 is 0 Å². The third-order valence-electron chi connectivity index (χ3n) is 6.57. The molecule has 0 saturated carbocycles. The van der Waals surface area contributed by atoms with Crippen molar-refractivity contribution in [2.24, 2.45) is 0 Å². The van der Waals surface area contributed by atoms with Gasteiger partial charge in [-0.3, -0.25) is 9.69 Å². The second-order valence-electron chi connectivity index (χ2n) is 7.93. The molecule has 0 N–H and O–H groups in total. The molecule has 2 heterocycles. The smallest absolute Gasteiger partial charge is 0.223 e. The highest BCUT2D eigenvalue weighted by Crippen LogP contribution is 2.32. The van der Waals surface area contributed by atoms with Gasteiger partial charge >= 0.3 is 0 Å². The molecule has 0 radical (unpaired) electrons. The van der Waals surface area contributed by atoms with Gasteiger partial charge in [0.1, 0.15) is 0 Å². The summed E-state index contributed by atoms with van der Waals surface area (Å²) in [4.78, 5) is 19.7. The van der Waals surface area contributed by atoms with Gasteiger partial charge in [0.05, 0.1) is 0 Å². The molecule has 0 aliphatic carbocycles. The largest absolute Gasteiger partial charge is 0.337 e. The van der Waals surface area contributed by atoms with Gasteiger partial charge in [-0.1, -0.05) is 44.2 Å². The molecule has 3 rings (SSSR count). The van der Waals surface area contributed by atoms with Crippen molar-refractivity contribution in [2.75, 3.05) is 39.3 Å². The monoisotopic (exact) mass is 357 g/mol. The Morgan fingerprint density at radius 1 is 0.923 bits per heavy atom. The molecule has 2 aliphatic heterocycles. The highest BCUT2D eigenvalue weighted by Gasteiger charge is 2.39. The Hall–Kier alpha value is -1.39. The van der Waals surface area contributed by atoms with Crippen molar-refractivity contribution in [2.45, 2.75) is 58.0 Å². The number of carbonyl (C=O) groups is 1. The molecule has 2 aliphatic rings. The van der Waals surface area contributed by atoms with E-state index in [1.807, 2.05) is 0 Å². The van der Waals surface area contributed by atoms with Crippen LogP contribution in [0, 0.1) is 0 Å². The van der Waals surface area contributed by atoms with Crippen molar-refractivity contribution in [3.8, 4) is 0 Å². The Labute approximate surface area is 159 Å². The molecule has 4 heteroatoms. The van der Waals surface area contributed by atoms with E-state index in [1.54, 1.807) is 0 Å². The van der Waals surface area contributed by atoms with Crippen LogP contribution in [0.5, 0.6) is 0 Å². The van der Waals surface area contributed by atoms with Crippen LogP contribution in [0.25, 0.3) is 0 Å². The maximum Gasteiger partial charge on any atom is 0.223 e. The van der Waals surface area contributed by atoms with Crippen molar-refractivity contribution in [1.29, 1.82) is 0 Å². The van der Waals surface area contributed by atoms with Crippen LogP contribution in [0.2, 0.25) is 0 Å². The van der Waals surface area contributed by atoms with Crippen molar-refractivity contribution >= 4 is 5.91 Å². The number of benzene rings is 1. The first kappa shape index (κ1) is 19.4. The van der Waals surface area contributed by atoms with Crippen LogP contribution in [0.3, 0.4) is 0 Å². The molecule has 0 spiro atoms. The third-order valence-corrected chi connectivity index (χ3v) is 6.57. The quantitative estimate of drug-likeness (QED) is 0.714. The van der Waals surface area contributed by atoms with Gasteiger partial charge in [0.2, 0.25) is 5.91 Å². The van der Waals surface area contributed by atoms with E-state index in [0.29, 0.717) is 5.91 Å². The second kappa shape index (κ2) is 9.01. The van der Waals surface area contributed by atoms with E-state index in [1.165, 1.54) is 5.56 Å². The average molecular weight is 358 g/mol. The van der Waals surface area contributed by atoms with Crippen LogP contribution >= 0.6 is 0 Å². The first-order chi connectivity index (χ1) is 12.7. The standard InChI is InChI=1S/C22H35N3O/c1-3-22(4-2,25-13-8-11-21(25)26)12-14-23-15-17-24(18-16-23)19-20-9-6-5-7-10-20/h5-7,9-10H,3-4,8,11-19H2,1-2H3. The van der Waals surface area contributed by atoms with Gasteiger partial charge in [-0.15, -0.1) is 0 Å². The van der Waals surface area contributed by atoms with Crippen LogP contribution in [0.1, 0.15) is 51.5 Å². The maximum absolute atomic E-state index is 12.3. The molecule has 144 valence electrons. The van der Waals surface area contributed by atoms with E-state index in [9.17, 15) is 4.79 Å². The highest BCUT2D eigenvalue weighted by atomic mass is 16.2. The number of nitrogens with zero attached hydrogens (tertiary/aromatic N) is 3. The Balaban J connectivity index is 1.48. The molecule has 1 aromatic rings. The number of piperazine rings is 1. The Bertz CT molecular complexity index is 562. The number of hydrogen-bond donors (Lipinski definition) is 0. The van der Waals surface area contributed by atoms with Gasteiger partial charge in [0.25, 0.3) is 0 Å². The highest BCUT2D eigenvalue weighted by molar-refractivity contribution is 5.79. The predicted molar refractivity (Wildman–Crippen MR) is 107 cm³/mol. The lowest BCUT2D eigenvalue weighted by atomic mass is 9.86. The summed E-state index contributed by atoms with van der Waals surface area (Å²) in [6.07, 6.45) is 5.05. The zero-order valence-electron chi connectivity index (χ0n) is 16.6. The summed E-state index contributed by atoms with van der Waals surface area (Å²) in [5.74, 6) is 0.376. The van der Waals surface area contributed by atoms with Crippen LogP contribution < -0.4 is 0 Å². The SMILES string of the molecule is CCC(CC)(CCN1CCN(Cc2ccccc2)CC1)N1CCCC1=O. The van der Waals surface area contributed by atoms with E-state index in [4.69, 9.17) is 0 Å². The fourth-order valence-electron chi connectivity index (χ4n) is 4.65. The third kappa shape index (κ3) is 4.47. The molecule has 2 fully saturated rings. The lowest BCUT2D eigenvalue weighted by molar-refractivity contribution is -0.134. The Morgan fingerprint density at radius 3 is 2.15 bits per heavy atom. The zero-order valence-corrected chi connectivity index (χ0v) is 16.6. The summed E-state index contributed by atoms with van der Waals surface area (Å²) in [7, 11) is 0. The molecule has 4 nitrogen and oxygen atoms in total. The van der Waals surface area contributed by atoms with Gasteiger partial charge in [-0.05, 0) is 31.2 Å². The number of carbonyl (C=O) groups excluding carboxylic acids is 1. The molecule has 0 atom stereocenters. The minimum Gasteiger partial charge on any atom is -0.337 e. The van der Waals surface area contributed by atoms with Gasteiger partial charge < -0.3 is 9.80 Å². The van der Waals surface area contributed by atoms with Crippen LogP contribution in [0.4, 0.5) is 0 Å². The predicted octanol–water partition coefficient (Wildman–Crippen LogP) is 3.38. The van der Waals surface area contributed by atoms with Crippen molar-refractivity contribution in [3.63, 3.8) is 0 Å². The topological polar surface area (TPSA) is 26.8 Å². The normalized spacial score (nSPS) is 20.1. The number of likely N-dealkylation sites (tertiary alicyclic amines) is 1. The zero-order chi connectivity index (χ0) is 18.4. The first-order valence-corrected chi connectivity index (χ1v) is 10.5. The van der Waals surface area contributed by atoms with Crippen LogP contribution in [-0.4, -0.2) is 65.4 Å². The molecule has 2 saturated heterocycles. The van der Waals surface area contributed by atoms with Crippen LogP contribution in [-0.2, 0) is 11.3 Å². The van der Waals surface area contributed by atoms with Gasteiger partial charge in [-0.25, -0.2) is 0 Å². The Kier molecular flexibility index (Phi) is 6.71. The fourth-order valence-corrected chi connectivity index (χ4v) is 4.65. The molecule has 0 bridgehead atoms. The summed E-state index contributed by atoms with van der Waals surface area (Å²) < 4.78 is 0. The molecule has 1 aromatic carbocycles. The van der Waals surface area contributed by atoms with E-state index in [-0.39, 0.29) is 5.54 Å². The van der Waals surface area contributed by atoms with E-state index < -0.39 is 0 Å². The van der Waals surface area contributed by atoms with Crippen molar-refractivity contribution in [3.05, 3.63) is 35.9 Å². The number of hydrogen-bond acceptors (Lipinski definition) is 3. The molecule has 0 unspecified atom stereocenters. The second-order valence-corrected chi connectivity index (χ2v) is 7.93. The molecule has 26 heavy (non-hydrogen) atoms. The number of rotatable bonds is 8. The maximum atomic E-state index is 12.3. The van der Waals surface area contributed by atoms with Gasteiger partial charge in [0.15, 0.2) is 0 Å². The summed E-state index contributed by atoms with van der Waals surface area (Å²) in [6, 6.07) is 10.8. The van der Waals surface area contributed by atoms with Crippen molar-refractivity contribution in [1.82, 2.24) is 14.7 Å². The summed E-state index contributed by atoms with van der Waals surface area (Å²) in [5.41, 5.74) is 1.49. The molecule has 0 aromatic heterocycles. The average Bonchev–Trinajstić information content (AvgIpc) is 3.12. The lowest BCUT2D eigenvalue weighted by Gasteiger charge is -2.43.